The van der Waals surface area contributed by atoms with E-state index < -0.39 is 11.8 Å². The van der Waals surface area contributed by atoms with Crippen LogP contribution in [0.4, 0.5) is 4.39 Å². The van der Waals surface area contributed by atoms with Crippen molar-refractivity contribution in [3.8, 4) is 11.5 Å². The van der Waals surface area contributed by atoms with Gasteiger partial charge in [0, 0.05) is 18.1 Å². The number of esters is 1. The summed E-state index contributed by atoms with van der Waals surface area (Å²) in [6.45, 7) is 0.0389. The Morgan fingerprint density at radius 3 is 2.46 bits per heavy atom. The smallest absolute Gasteiger partial charge is 0.341 e. The standard InChI is InChI=1S/C18H17FO5/c1-23-14-8-9-15(17(21)11-14)18(22)24-10-2-3-16(20)12-4-6-13(19)7-5-12/h4-9,11,21H,2-3,10H2,1H3. The molecule has 0 atom stereocenters. The molecule has 0 aliphatic heterocycles. The number of aromatic hydroxyl groups is 1. The summed E-state index contributed by atoms with van der Waals surface area (Å²) in [5, 5.41) is 9.74. The van der Waals surface area contributed by atoms with Crippen molar-refractivity contribution in [1.82, 2.24) is 0 Å². The third-order valence-electron chi connectivity index (χ3n) is 3.37. The fraction of sp³-hybridized carbons (Fsp3) is 0.222. The molecule has 6 heteroatoms. The highest BCUT2D eigenvalue weighted by Gasteiger charge is 2.14. The third-order valence-corrected chi connectivity index (χ3v) is 3.37. The van der Waals surface area contributed by atoms with E-state index in [1.807, 2.05) is 0 Å². The largest absolute Gasteiger partial charge is 0.507 e. The zero-order valence-electron chi connectivity index (χ0n) is 13.1. The van der Waals surface area contributed by atoms with E-state index in [4.69, 9.17) is 9.47 Å². The van der Waals surface area contributed by atoms with Crippen LogP contribution in [0, 0.1) is 5.82 Å². The van der Waals surface area contributed by atoms with Gasteiger partial charge in [0.25, 0.3) is 0 Å². The minimum Gasteiger partial charge on any atom is -0.507 e. The molecule has 0 aliphatic carbocycles. The van der Waals surface area contributed by atoms with Gasteiger partial charge in [-0.25, -0.2) is 9.18 Å². The summed E-state index contributed by atoms with van der Waals surface area (Å²) in [4.78, 5) is 23.7. The molecule has 0 fully saturated rings. The van der Waals surface area contributed by atoms with Crippen LogP contribution in [-0.4, -0.2) is 30.6 Å². The summed E-state index contributed by atoms with van der Waals surface area (Å²) in [7, 11) is 1.45. The Kier molecular flexibility index (Phi) is 5.89. The van der Waals surface area contributed by atoms with Gasteiger partial charge >= 0.3 is 5.97 Å². The zero-order chi connectivity index (χ0) is 17.5. The lowest BCUT2D eigenvalue weighted by Gasteiger charge is -2.07. The Bertz CT molecular complexity index is 725. The number of methoxy groups -OCH3 is 1. The molecule has 0 amide bonds. The predicted octanol–water partition coefficient (Wildman–Crippen LogP) is 3.36. The van der Waals surface area contributed by atoms with E-state index in [9.17, 15) is 19.1 Å². The first kappa shape index (κ1) is 17.5. The van der Waals surface area contributed by atoms with Gasteiger partial charge in [0.2, 0.25) is 0 Å². The van der Waals surface area contributed by atoms with Gasteiger partial charge in [0.15, 0.2) is 5.78 Å². The zero-order valence-corrected chi connectivity index (χ0v) is 13.1. The molecular weight excluding hydrogens is 315 g/mol. The lowest BCUT2D eigenvalue weighted by Crippen LogP contribution is -2.08. The summed E-state index contributed by atoms with van der Waals surface area (Å²) in [5.74, 6) is -1.04. The van der Waals surface area contributed by atoms with Gasteiger partial charge in [-0.3, -0.25) is 4.79 Å². The van der Waals surface area contributed by atoms with E-state index in [1.165, 1.54) is 49.6 Å². The maximum atomic E-state index is 12.8. The molecule has 2 aromatic rings. The number of phenolic OH excluding ortho intramolecular Hbond substituents is 1. The van der Waals surface area contributed by atoms with Crippen LogP contribution in [0.2, 0.25) is 0 Å². The monoisotopic (exact) mass is 332 g/mol. The van der Waals surface area contributed by atoms with Crippen molar-refractivity contribution in [2.24, 2.45) is 0 Å². The summed E-state index contributed by atoms with van der Waals surface area (Å²) < 4.78 is 22.8. The minimum absolute atomic E-state index is 0.0284. The van der Waals surface area contributed by atoms with E-state index in [2.05, 4.69) is 0 Å². The molecule has 2 aromatic carbocycles. The quantitative estimate of drug-likeness (QED) is 0.478. The first-order valence-electron chi connectivity index (χ1n) is 7.34. The Morgan fingerprint density at radius 2 is 1.83 bits per heavy atom. The van der Waals surface area contributed by atoms with E-state index in [-0.39, 0.29) is 30.1 Å². The molecule has 0 spiro atoms. The van der Waals surface area contributed by atoms with E-state index >= 15 is 0 Å². The number of ether oxygens (including phenoxy) is 2. The average Bonchev–Trinajstić information content (AvgIpc) is 2.58. The fourth-order valence-corrected chi connectivity index (χ4v) is 2.07. The maximum Gasteiger partial charge on any atom is 0.341 e. The van der Waals surface area contributed by atoms with Gasteiger partial charge in [-0.05, 0) is 42.8 Å². The van der Waals surface area contributed by atoms with Crippen LogP contribution in [0.1, 0.15) is 33.6 Å². The number of carbonyl (C=O) groups is 2. The highest BCUT2D eigenvalue weighted by Crippen LogP contribution is 2.24. The first-order valence-corrected chi connectivity index (χ1v) is 7.34. The molecule has 1 N–H and O–H groups in total. The summed E-state index contributed by atoms with van der Waals surface area (Å²) in [6.07, 6.45) is 0.506. The molecule has 0 saturated heterocycles. The molecule has 0 unspecified atom stereocenters. The molecule has 24 heavy (non-hydrogen) atoms. The normalized spacial score (nSPS) is 10.2. The van der Waals surface area contributed by atoms with Crippen LogP contribution in [0.5, 0.6) is 11.5 Å². The van der Waals surface area contributed by atoms with Gasteiger partial charge < -0.3 is 14.6 Å². The Labute approximate surface area is 138 Å². The lowest BCUT2D eigenvalue weighted by molar-refractivity contribution is 0.0491. The Balaban J connectivity index is 1.80. The third kappa shape index (κ3) is 4.55. The number of carbonyl (C=O) groups excluding carboxylic acids is 2. The number of rotatable bonds is 7. The molecule has 0 heterocycles. The van der Waals surface area contributed by atoms with Crippen LogP contribution in [0.15, 0.2) is 42.5 Å². The number of ketones is 1. The molecule has 0 bridgehead atoms. The molecule has 126 valence electrons. The number of Topliss-reactive ketones (excluding diaryl/α,β-unsaturated/α-hetero) is 1. The first-order chi connectivity index (χ1) is 11.5. The van der Waals surface area contributed by atoms with Crippen molar-refractivity contribution in [3.63, 3.8) is 0 Å². The summed E-state index contributed by atoms with van der Waals surface area (Å²) >= 11 is 0. The van der Waals surface area contributed by atoms with Crippen LogP contribution in [-0.2, 0) is 4.74 Å². The van der Waals surface area contributed by atoms with Crippen molar-refractivity contribution in [2.75, 3.05) is 13.7 Å². The predicted molar refractivity (Wildman–Crippen MR) is 84.9 cm³/mol. The lowest BCUT2D eigenvalue weighted by atomic mass is 10.1. The van der Waals surface area contributed by atoms with Gasteiger partial charge in [0.1, 0.15) is 22.9 Å². The van der Waals surface area contributed by atoms with Gasteiger partial charge in [0.05, 0.1) is 13.7 Å². The molecule has 0 aromatic heterocycles. The van der Waals surface area contributed by atoms with E-state index in [0.29, 0.717) is 17.7 Å². The highest BCUT2D eigenvalue weighted by atomic mass is 19.1. The van der Waals surface area contributed by atoms with E-state index in [0.717, 1.165) is 0 Å². The number of halogens is 1. The number of hydrogen-bond donors (Lipinski definition) is 1. The Morgan fingerprint density at radius 1 is 1.12 bits per heavy atom. The summed E-state index contributed by atoms with van der Waals surface area (Å²) in [6, 6.07) is 9.53. The molecule has 0 aliphatic rings. The molecule has 2 rings (SSSR count). The fourth-order valence-electron chi connectivity index (χ4n) is 2.07. The topological polar surface area (TPSA) is 72.8 Å². The van der Waals surface area contributed by atoms with Crippen molar-refractivity contribution in [2.45, 2.75) is 12.8 Å². The highest BCUT2D eigenvalue weighted by molar-refractivity contribution is 5.96. The molecule has 0 saturated carbocycles. The van der Waals surface area contributed by atoms with Gasteiger partial charge in [-0.2, -0.15) is 0 Å². The van der Waals surface area contributed by atoms with Gasteiger partial charge in [-0.1, -0.05) is 0 Å². The SMILES string of the molecule is COc1ccc(C(=O)OCCCC(=O)c2ccc(F)cc2)c(O)c1. The average molecular weight is 332 g/mol. The number of phenols is 1. The van der Waals surface area contributed by atoms with Crippen LogP contribution < -0.4 is 4.74 Å². The maximum absolute atomic E-state index is 12.8. The molecule has 0 radical (unpaired) electrons. The molecule has 5 nitrogen and oxygen atoms in total. The van der Waals surface area contributed by atoms with Crippen molar-refractivity contribution < 1.29 is 28.6 Å². The van der Waals surface area contributed by atoms with Crippen molar-refractivity contribution >= 4 is 11.8 Å². The number of benzene rings is 2. The Hall–Kier alpha value is -2.89. The van der Waals surface area contributed by atoms with Crippen LogP contribution in [0.3, 0.4) is 0 Å². The van der Waals surface area contributed by atoms with E-state index in [1.54, 1.807) is 0 Å². The van der Waals surface area contributed by atoms with Crippen LogP contribution in [0.25, 0.3) is 0 Å². The minimum atomic E-state index is -0.676. The second-order valence-corrected chi connectivity index (χ2v) is 5.05. The molecular formula is C18H17FO5. The second kappa shape index (κ2) is 8.10. The second-order valence-electron chi connectivity index (χ2n) is 5.05. The number of hydrogen-bond acceptors (Lipinski definition) is 5. The van der Waals surface area contributed by atoms with Crippen molar-refractivity contribution in [1.29, 1.82) is 0 Å². The van der Waals surface area contributed by atoms with Crippen LogP contribution >= 0.6 is 0 Å². The van der Waals surface area contributed by atoms with Crippen molar-refractivity contribution in [3.05, 3.63) is 59.4 Å². The van der Waals surface area contributed by atoms with Gasteiger partial charge in [-0.15, -0.1) is 0 Å². The summed E-state index contributed by atoms with van der Waals surface area (Å²) in [5.41, 5.74) is 0.441.